The fourth-order valence-corrected chi connectivity index (χ4v) is 1.26. The van der Waals surface area contributed by atoms with Gasteiger partial charge in [-0.1, -0.05) is 24.1 Å². The van der Waals surface area contributed by atoms with Gasteiger partial charge in [0.15, 0.2) is 0 Å². The van der Waals surface area contributed by atoms with Gasteiger partial charge in [0.1, 0.15) is 0 Å². The van der Waals surface area contributed by atoms with Crippen LogP contribution in [0.5, 0.6) is 0 Å². The van der Waals surface area contributed by atoms with Crippen molar-refractivity contribution >= 4 is 0 Å². The van der Waals surface area contributed by atoms with E-state index < -0.39 is 23.6 Å². The molecule has 0 aromatic heterocycles. The second kappa shape index (κ2) is 4.36. The monoisotopic (exact) mass is 248 g/mol. The van der Waals surface area contributed by atoms with Crippen LogP contribution in [0.1, 0.15) is 24.0 Å². The minimum absolute atomic E-state index is 0.258. The van der Waals surface area contributed by atoms with E-state index in [9.17, 15) is 22.0 Å². The third-order valence-electron chi connectivity index (χ3n) is 2.36. The fourth-order valence-electron chi connectivity index (χ4n) is 1.26. The minimum Gasteiger partial charge on any atom is -0.191 e. The Hall–Kier alpha value is -1.57. The van der Waals surface area contributed by atoms with Gasteiger partial charge in [-0.3, -0.25) is 0 Å². The molecule has 0 N–H and O–H groups in total. The lowest BCUT2D eigenvalue weighted by Crippen LogP contribution is -2.33. The number of benzene rings is 1. The Labute approximate surface area is 95.4 Å². The molecule has 1 aromatic carbocycles. The zero-order chi connectivity index (χ0) is 13.3. The molecule has 1 aromatic rings. The standard InChI is InChI=1S/C12H9F5/c1-3-8(2)9-5-4-6-10(7-9)11(13,14)12(15,16)17/h1,4-8H,2H3. The molecule has 0 spiro atoms. The Balaban J connectivity index is 3.22. The average Bonchev–Trinajstić information content (AvgIpc) is 2.26. The molecule has 1 rings (SSSR count). The molecular formula is C12H9F5. The van der Waals surface area contributed by atoms with E-state index in [-0.39, 0.29) is 5.56 Å². The highest BCUT2D eigenvalue weighted by molar-refractivity contribution is 5.33. The number of halogens is 5. The summed E-state index contributed by atoms with van der Waals surface area (Å²) in [4.78, 5) is 0. The van der Waals surface area contributed by atoms with Crippen LogP contribution in [0.15, 0.2) is 24.3 Å². The first-order valence-corrected chi connectivity index (χ1v) is 4.71. The zero-order valence-corrected chi connectivity index (χ0v) is 8.85. The van der Waals surface area contributed by atoms with Crippen molar-refractivity contribution in [1.82, 2.24) is 0 Å². The van der Waals surface area contributed by atoms with Gasteiger partial charge in [-0.05, 0) is 18.6 Å². The first-order chi connectivity index (χ1) is 7.70. The Morgan fingerprint density at radius 1 is 1.18 bits per heavy atom. The summed E-state index contributed by atoms with van der Waals surface area (Å²) >= 11 is 0. The molecule has 0 aliphatic rings. The lowest BCUT2D eigenvalue weighted by atomic mass is 9.97. The van der Waals surface area contributed by atoms with Crippen LogP contribution < -0.4 is 0 Å². The van der Waals surface area contributed by atoms with Gasteiger partial charge in [-0.2, -0.15) is 22.0 Å². The smallest absolute Gasteiger partial charge is 0.191 e. The molecule has 17 heavy (non-hydrogen) atoms. The van der Waals surface area contributed by atoms with Crippen LogP contribution in [0, 0.1) is 12.3 Å². The van der Waals surface area contributed by atoms with Crippen molar-refractivity contribution < 1.29 is 22.0 Å². The van der Waals surface area contributed by atoms with Crippen molar-refractivity contribution in [3.63, 3.8) is 0 Å². The molecule has 92 valence electrons. The summed E-state index contributed by atoms with van der Waals surface area (Å²) in [5.41, 5.74) is -0.835. The Kier molecular flexibility index (Phi) is 3.46. The molecule has 5 heteroatoms. The predicted octanol–water partition coefficient (Wildman–Crippen LogP) is 4.08. The third-order valence-corrected chi connectivity index (χ3v) is 2.36. The molecular weight excluding hydrogens is 239 g/mol. The summed E-state index contributed by atoms with van der Waals surface area (Å²) in [5.74, 6) is -3.11. The number of hydrogen-bond donors (Lipinski definition) is 0. The van der Waals surface area contributed by atoms with E-state index in [1.54, 1.807) is 6.92 Å². The van der Waals surface area contributed by atoms with Gasteiger partial charge in [0, 0.05) is 11.5 Å². The van der Waals surface area contributed by atoms with Gasteiger partial charge < -0.3 is 0 Å². The number of terminal acetylenes is 1. The second-order valence-electron chi connectivity index (χ2n) is 3.59. The summed E-state index contributed by atoms with van der Waals surface area (Å²) in [6.45, 7) is 1.55. The van der Waals surface area contributed by atoms with E-state index in [0.717, 1.165) is 18.2 Å². The summed E-state index contributed by atoms with van der Waals surface area (Å²) in [6, 6.07) is 4.08. The van der Waals surface area contributed by atoms with Crippen LogP contribution >= 0.6 is 0 Å². The summed E-state index contributed by atoms with van der Waals surface area (Å²) in [7, 11) is 0. The number of rotatable bonds is 2. The molecule has 0 heterocycles. The van der Waals surface area contributed by atoms with E-state index >= 15 is 0 Å². The zero-order valence-electron chi connectivity index (χ0n) is 8.85. The molecule has 0 amide bonds. The Bertz CT molecular complexity index is 439. The van der Waals surface area contributed by atoms with Gasteiger partial charge in [0.2, 0.25) is 0 Å². The van der Waals surface area contributed by atoms with E-state index in [1.165, 1.54) is 6.07 Å². The summed E-state index contributed by atoms with van der Waals surface area (Å²) < 4.78 is 62.5. The fraction of sp³-hybridized carbons (Fsp3) is 0.333. The summed E-state index contributed by atoms with van der Waals surface area (Å²) in [6.07, 6.45) is -0.517. The summed E-state index contributed by atoms with van der Waals surface area (Å²) in [5, 5.41) is 0. The van der Waals surface area contributed by atoms with Crippen LogP contribution in [0.2, 0.25) is 0 Å². The number of alkyl halides is 5. The molecule has 0 bridgehead atoms. The second-order valence-corrected chi connectivity index (χ2v) is 3.59. The van der Waals surface area contributed by atoms with Crippen molar-refractivity contribution in [3.8, 4) is 12.3 Å². The topological polar surface area (TPSA) is 0 Å². The van der Waals surface area contributed by atoms with Crippen LogP contribution in [-0.4, -0.2) is 6.18 Å². The first-order valence-electron chi connectivity index (χ1n) is 4.71. The first kappa shape index (κ1) is 13.5. The van der Waals surface area contributed by atoms with Crippen molar-refractivity contribution in [3.05, 3.63) is 35.4 Å². The molecule has 0 saturated carbocycles. The Morgan fingerprint density at radius 3 is 2.24 bits per heavy atom. The van der Waals surface area contributed by atoms with Crippen LogP contribution in [0.3, 0.4) is 0 Å². The van der Waals surface area contributed by atoms with E-state index in [2.05, 4.69) is 5.92 Å². The van der Waals surface area contributed by atoms with E-state index in [1.807, 2.05) is 0 Å². The number of hydrogen-bond acceptors (Lipinski definition) is 0. The molecule has 0 aliphatic carbocycles. The lowest BCUT2D eigenvalue weighted by molar-refractivity contribution is -0.289. The van der Waals surface area contributed by atoms with Crippen molar-refractivity contribution in [2.45, 2.75) is 24.9 Å². The third kappa shape index (κ3) is 2.57. The van der Waals surface area contributed by atoms with Gasteiger partial charge >= 0.3 is 12.1 Å². The quantitative estimate of drug-likeness (QED) is 0.546. The van der Waals surface area contributed by atoms with Gasteiger partial charge in [-0.25, -0.2) is 0 Å². The highest BCUT2D eigenvalue weighted by Crippen LogP contribution is 2.44. The minimum atomic E-state index is -5.61. The molecule has 0 radical (unpaired) electrons. The van der Waals surface area contributed by atoms with E-state index in [4.69, 9.17) is 6.42 Å². The lowest BCUT2D eigenvalue weighted by Gasteiger charge is -2.20. The molecule has 1 atom stereocenters. The maximum atomic E-state index is 13.0. The van der Waals surface area contributed by atoms with Crippen LogP contribution in [0.25, 0.3) is 0 Å². The molecule has 0 saturated heterocycles. The maximum absolute atomic E-state index is 13.0. The van der Waals surface area contributed by atoms with Crippen LogP contribution in [-0.2, 0) is 5.92 Å². The van der Waals surface area contributed by atoms with Gasteiger partial charge in [-0.15, -0.1) is 6.42 Å². The molecule has 0 nitrogen and oxygen atoms in total. The normalized spacial score (nSPS) is 14.2. The highest BCUT2D eigenvalue weighted by Gasteiger charge is 2.58. The maximum Gasteiger partial charge on any atom is 0.458 e. The van der Waals surface area contributed by atoms with Crippen LogP contribution in [0.4, 0.5) is 22.0 Å². The molecule has 0 aliphatic heterocycles. The molecule has 1 unspecified atom stereocenters. The van der Waals surface area contributed by atoms with E-state index in [0.29, 0.717) is 0 Å². The van der Waals surface area contributed by atoms with Gasteiger partial charge in [0.05, 0.1) is 0 Å². The van der Waals surface area contributed by atoms with Crippen molar-refractivity contribution in [2.75, 3.05) is 0 Å². The van der Waals surface area contributed by atoms with Crippen molar-refractivity contribution in [1.29, 1.82) is 0 Å². The Morgan fingerprint density at radius 2 is 1.76 bits per heavy atom. The highest BCUT2D eigenvalue weighted by atomic mass is 19.4. The predicted molar refractivity (Wildman–Crippen MR) is 53.6 cm³/mol. The largest absolute Gasteiger partial charge is 0.458 e. The average molecular weight is 248 g/mol. The van der Waals surface area contributed by atoms with Crippen molar-refractivity contribution in [2.24, 2.45) is 0 Å². The SMILES string of the molecule is C#CC(C)c1cccc(C(F)(F)C(F)(F)F)c1. The molecule has 0 fully saturated rings. The van der Waals surface area contributed by atoms with Gasteiger partial charge in [0.25, 0.3) is 0 Å².